The van der Waals surface area contributed by atoms with E-state index in [0.717, 1.165) is 29.4 Å². The van der Waals surface area contributed by atoms with Crippen LogP contribution < -0.4 is 5.32 Å². The number of carbonyl (C=O) groups is 1. The van der Waals surface area contributed by atoms with Crippen molar-refractivity contribution in [3.8, 4) is 0 Å². The van der Waals surface area contributed by atoms with E-state index in [1.54, 1.807) is 24.0 Å². The molecule has 4 rings (SSSR count). The van der Waals surface area contributed by atoms with Gasteiger partial charge in [-0.05, 0) is 61.1 Å². The van der Waals surface area contributed by atoms with Crippen LogP contribution in [0.5, 0.6) is 0 Å². The summed E-state index contributed by atoms with van der Waals surface area (Å²) in [4.78, 5) is 16.9. The van der Waals surface area contributed by atoms with E-state index in [1.165, 1.54) is 24.0 Å². The minimum absolute atomic E-state index is 0.177. The Morgan fingerprint density at radius 3 is 2.88 bits per heavy atom. The van der Waals surface area contributed by atoms with Crippen LogP contribution in [-0.2, 0) is 7.05 Å². The minimum atomic E-state index is -0.177. The molecule has 0 unspecified atom stereocenters. The summed E-state index contributed by atoms with van der Waals surface area (Å²) in [5.41, 5.74) is 4.74. The number of nitrogens with one attached hydrogen (secondary N) is 1. The molecule has 5 nitrogen and oxygen atoms in total. The van der Waals surface area contributed by atoms with Crippen molar-refractivity contribution < 1.29 is 4.79 Å². The van der Waals surface area contributed by atoms with Crippen molar-refractivity contribution in [2.24, 2.45) is 7.05 Å². The molecule has 1 amide bonds. The predicted octanol–water partition coefficient (Wildman–Crippen LogP) is 4.18. The van der Waals surface area contributed by atoms with Gasteiger partial charge in [-0.2, -0.15) is 5.10 Å². The van der Waals surface area contributed by atoms with Gasteiger partial charge in [-0.15, -0.1) is 0 Å². The Balaban J connectivity index is 1.59. The second-order valence-corrected chi connectivity index (χ2v) is 6.40. The quantitative estimate of drug-likeness (QED) is 0.783. The first-order chi connectivity index (χ1) is 12.2. The maximum absolute atomic E-state index is 12.3. The maximum atomic E-state index is 12.3. The molecule has 126 valence electrons. The third-order valence-corrected chi connectivity index (χ3v) is 4.66. The molecular formula is C20H20N4O. The number of rotatable bonds is 3. The zero-order valence-corrected chi connectivity index (χ0v) is 14.2. The summed E-state index contributed by atoms with van der Waals surface area (Å²) < 4.78 is 1.55. The third-order valence-electron chi connectivity index (χ3n) is 4.66. The Kier molecular flexibility index (Phi) is 4.06. The van der Waals surface area contributed by atoms with Crippen molar-refractivity contribution >= 4 is 28.1 Å². The minimum Gasteiger partial charge on any atom is -0.321 e. The van der Waals surface area contributed by atoms with Gasteiger partial charge >= 0.3 is 0 Å². The molecule has 0 spiro atoms. The van der Waals surface area contributed by atoms with Crippen LogP contribution in [0.4, 0.5) is 5.69 Å². The van der Waals surface area contributed by atoms with Crippen LogP contribution in [0.15, 0.2) is 48.8 Å². The van der Waals surface area contributed by atoms with Crippen molar-refractivity contribution in [3.05, 3.63) is 60.1 Å². The molecular weight excluding hydrogens is 312 g/mol. The standard InChI is InChI=1S/C20H20N4O/c1-24-19(9-10-22-24)20(25)23-17-8-7-15-11-16(13-21-18(15)12-17)14-5-3-2-4-6-14/h5,7-13H,2-4,6H2,1H3,(H,23,25). The number of nitrogens with zero attached hydrogens (tertiary/aromatic N) is 3. The van der Waals surface area contributed by atoms with Crippen molar-refractivity contribution in [2.45, 2.75) is 25.7 Å². The molecule has 1 N–H and O–H groups in total. The van der Waals surface area contributed by atoms with E-state index in [0.29, 0.717) is 5.69 Å². The molecule has 25 heavy (non-hydrogen) atoms. The molecule has 1 aliphatic carbocycles. The number of fused-ring (bicyclic) bond motifs is 1. The molecule has 0 radical (unpaired) electrons. The van der Waals surface area contributed by atoms with Crippen LogP contribution in [0, 0.1) is 0 Å². The molecule has 0 fully saturated rings. The van der Waals surface area contributed by atoms with Crippen molar-refractivity contribution in [3.63, 3.8) is 0 Å². The van der Waals surface area contributed by atoms with Gasteiger partial charge < -0.3 is 5.32 Å². The maximum Gasteiger partial charge on any atom is 0.273 e. The second-order valence-electron chi connectivity index (χ2n) is 6.40. The molecule has 5 heteroatoms. The van der Waals surface area contributed by atoms with Gasteiger partial charge in [-0.1, -0.05) is 12.1 Å². The summed E-state index contributed by atoms with van der Waals surface area (Å²) in [6.07, 6.45) is 10.7. The number of anilines is 1. The monoisotopic (exact) mass is 332 g/mol. The summed E-state index contributed by atoms with van der Waals surface area (Å²) in [6.45, 7) is 0. The van der Waals surface area contributed by atoms with E-state index in [4.69, 9.17) is 0 Å². The average molecular weight is 332 g/mol. The fourth-order valence-electron chi connectivity index (χ4n) is 3.27. The van der Waals surface area contributed by atoms with E-state index in [-0.39, 0.29) is 5.91 Å². The fourth-order valence-corrected chi connectivity index (χ4v) is 3.27. The number of aryl methyl sites for hydroxylation is 1. The van der Waals surface area contributed by atoms with Gasteiger partial charge in [0.15, 0.2) is 0 Å². The second kappa shape index (κ2) is 6.51. The zero-order valence-electron chi connectivity index (χ0n) is 14.2. The Morgan fingerprint density at radius 2 is 2.12 bits per heavy atom. The Bertz CT molecular complexity index is 971. The number of allylic oxidation sites excluding steroid dienone is 2. The van der Waals surface area contributed by atoms with Gasteiger partial charge in [0.1, 0.15) is 5.69 Å². The third kappa shape index (κ3) is 3.18. The highest BCUT2D eigenvalue weighted by Gasteiger charge is 2.11. The molecule has 1 aliphatic rings. The molecule has 0 saturated heterocycles. The van der Waals surface area contributed by atoms with Crippen molar-refractivity contribution in [2.75, 3.05) is 5.32 Å². The van der Waals surface area contributed by atoms with Crippen LogP contribution in [0.25, 0.3) is 16.5 Å². The first kappa shape index (κ1) is 15.6. The van der Waals surface area contributed by atoms with Crippen LogP contribution in [-0.4, -0.2) is 20.7 Å². The lowest BCUT2D eigenvalue weighted by Gasteiger charge is -2.13. The normalized spacial score (nSPS) is 14.4. The summed E-state index contributed by atoms with van der Waals surface area (Å²) in [5, 5.41) is 8.01. The average Bonchev–Trinajstić information content (AvgIpc) is 3.08. The van der Waals surface area contributed by atoms with Gasteiger partial charge in [-0.3, -0.25) is 14.5 Å². The van der Waals surface area contributed by atoms with Gasteiger partial charge in [0.05, 0.1) is 5.52 Å². The van der Waals surface area contributed by atoms with E-state index in [2.05, 4.69) is 27.5 Å². The Hall–Kier alpha value is -2.95. The van der Waals surface area contributed by atoms with Crippen LogP contribution in [0.3, 0.4) is 0 Å². The zero-order chi connectivity index (χ0) is 17.2. The van der Waals surface area contributed by atoms with Gasteiger partial charge in [0.2, 0.25) is 0 Å². The summed E-state index contributed by atoms with van der Waals surface area (Å²) in [6, 6.07) is 9.71. The molecule has 3 aromatic rings. The topological polar surface area (TPSA) is 59.8 Å². The number of amides is 1. The van der Waals surface area contributed by atoms with Gasteiger partial charge in [0.25, 0.3) is 5.91 Å². The number of carbonyl (C=O) groups excluding carboxylic acids is 1. The lowest BCUT2D eigenvalue weighted by Crippen LogP contribution is -2.16. The predicted molar refractivity (Wildman–Crippen MR) is 99.3 cm³/mol. The van der Waals surface area contributed by atoms with E-state index < -0.39 is 0 Å². The molecule has 2 heterocycles. The highest BCUT2D eigenvalue weighted by atomic mass is 16.2. The highest BCUT2D eigenvalue weighted by Crippen LogP contribution is 2.28. The Labute approximate surface area is 146 Å². The number of aromatic nitrogens is 3. The largest absolute Gasteiger partial charge is 0.321 e. The van der Waals surface area contributed by atoms with Crippen LogP contribution in [0.1, 0.15) is 41.7 Å². The molecule has 1 aromatic carbocycles. The van der Waals surface area contributed by atoms with E-state index in [9.17, 15) is 4.79 Å². The lowest BCUT2D eigenvalue weighted by molar-refractivity contribution is 0.101. The molecule has 0 saturated carbocycles. The van der Waals surface area contributed by atoms with E-state index >= 15 is 0 Å². The Morgan fingerprint density at radius 1 is 1.20 bits per heavy atom. The first-order valence-electron chi connectivity index (χ1n) is 8.59. The lowest BCUT2D eigenvalue weighted by atomic mass is 9.94. The fraction of sp³-hybridized carbons (Fsp3) is 0.250. The summed E-state index contributed by atoms with van der Waals surface area (Å²) in [5.74, 6) is -0.177. The summed E-state index contributed by atoms with van der Waals surface area (Å²) >= 11 is 0. The molecule has 2 aromatic heterocycles. The van der Waals surface area contributed by atoms with Crippen molar-refractivity contribution in [1.29, 1.82) is 0 Å². The van der Waals surface area contributed by atoms with Crippen LogP contribution >= 0.6 is 0 Å². The van der Waals surface area contributed by atoms with Gasteiger partial charge in [-0.25, -0.2) is 0 Å². The summed E-state index contributed by atoms with van der Waals surface area (Å²) in [7, 11) is 1.75. The van der Waals surface area contributed by atoms with Gasteiger partial charge in [0, 0.05) is 30.5 Å². The SMILES string of the molecule is Cn1nccc1C(=O)Nc1ccc2cc(C3=CCCCC3)cnc2c1. The number of hydrogen-bond donors (Lipinski definition) is 1. The van der Waals surface area contributed by atoms with Crippen LogP contribution in [0.2, 0.25) is 0 Å². The number of pyridine rings is 1. The number of hydrogen-bond acceptors (Lipinski definition) is 3. The molecule has 0 bridgehead atoms. The smallest absolute Gasteiger partial charge is 0.273 e. The molecule has 0 atom stereocenters. The first-order valence-corrected chi connectivity index (χ1v) is 8.59. The van der Waals surface area contributed by atoms with E-state index in [1.807, 2.05) is 24.4 Å². The number of benzene rings is 1. The molecule has 0 aliphatic heterocycles. The highest BCUT2D eigenvalue weighted by molar-refractivity contribution is 6.03. The van der Waals surface area contributed by atoms with Crippen molar-refractivity contribution in [1.82, 2.24) is 14.8 Å².